The minimum absolute atomic E-state index is 0.0490. The van der Waals surface area contributed by atoms with Crippen LogP contribution in [0.4, 0.5) is 0 Å². The molecule has 1 aliphatic rings. The summed E-state index contributed by atoms with van der Waals surface area (Å²) in [5.74, 6) is 2.03. The van der Waals surface area contributed by atoms with E-state index in [9.17, 15) is 4.79 Å². The number of nitrogens with one attached hydrogen (secondary N) is 1. The van der Waals surface area contributed by atoms with E-state index in [1.165, 1.54) is 11.1 Å². The van der Waals surface area contributed by atoms with E-state index in [1.54, 1.807) is 0 Å². The summed E-state index contributed by atoms with van der Waals surface area (Å²) in [4.78, 5) is 13.1. The Morgan fingerprint density at radius 1 is 1.15 bits per heavy atom. The number of hydrogen-bond donors (Lipinski definition) is 1. The first-order valence-corrected chi connectivity index (χ1v) is 13.7. The van der Waals surface area contributed by atoms with Crippen molar-refractivity contribution in [2.24, 2.45) is 17.8 Å². The highest BCUT2D eigenvalue weighted by molar-refractivity contribution is 7.99. The van der Waals surface area contributed by atoms with Crippen LogP contribution in [0, 0.1) is 17.8 Å². The number of carbonyl (C=O) groups is 1. The van der Waals surface area contributed by atoms with Gasteiger partial charge in [0.1, 0.15) is 0 Å². The number of amides is 1. The molecule has 1 heterocycles. The van der Waals surface area contributed by atoms with E-state index in [0.29, 0.717) is 17.6 Å². The standard InChI is InChI=1S/C28H35Cl2NOS/c1-5-9-21-17-25(20-10-8-11-23(30)16-20)26(31-28(21)32)18(4)24(6-2)27(33-7-3)19-12-14-22(29)15-13-19/h5,8,10-16,18,21,24-27H,1,6-7,9,17H2,2-4H3,(H,31,32)/t18?,21-,24?,25+,26-,27+/m0/s1. The summed E-state index contributed by atoms with van der Waals surface area (Å²) in [5.41, 5.74) is 2.50. The summed E-state index contributed by atoms with van der Waals surface area (Å²) in [5, 5.41) is 5.27. The lowest BCUT2D eigenvalue weighted by Crippen LogP contribution is -2.53. The van der Waals surface area contributed by atoms with Gasteiger partial charge in [0.05, 0.1) is 0 Å². The van der Waals surface area contributed by atoms with Gasteiger partial charge in [0.15, 0.2) is 0 Å². The maximum atomic E-state index is 13.1. The van der Waals surface area contributed by atoms with Crippen LogP contribution in [0.3, 0.4) is 0 Å². The largest absolute Gasteiger partial charge is 0.352 e. The number of thioether (sulfide) groups is 1. The van der Waals surface area contributed by atoms with Gasteiger partial charge in [0.25, 0.3) is 0 Å². The van der Waals surface area contributed by atoms with Crippen LogP contribution in [-0.4, -0.2) is 17.7 Å². The summed E-state index contributed by atoms with van der Waals surface area (Å²) < 4.78 is 0. The summed E-state index contributed by atoms with van der Waals surface area (Å²) in [6, 6.07) is 16.5. The summed E-state index contributed by atoms with van der Waals surface area (Å²) in [7, 11) is 0. The molecule has 1 fully saturated rings. The van der Waals surface area contributed by atoms with Crippen molar-refractivity contribution in [3.8, 4) is 0 Å². The Hall–Kier alpha value is -1.42. The summed E-state index contributed by atoms with van der Waals surface area (Å²) in [6.45, 7) is 10.7. The Bertz CT molecular complexity index is 932. The van der Waals surface area contributed by atoms with Crippen molar-refractivity contribution in [2.45, 2.75) is 57.2 Å². The Morgan fingerprint density at radius 3 is 2.48 bits per heavy atom. The van der Waals surface area contributed by atoms with E-state index in [1.807, 2.05) is 42.1 Å². The van der Waals surface area contributed by atoms with Gasteiger partial charge < -0.3 is 5.32 Å². The second kappa shape index (κ2) is 12.3. The zero-order chi connectivity index (χ0) is 24.0. The predicted molar refractivity (Wildman–Crippen MR) is 144 cm³/mol. The molecule has 0 radical (unpaired) electrons. The highest BCUT2D eigenvalue weighted by atomic mass is 35.5. The molecule has 0 spiro atoms. The van der Waals surface area contributed by atoms with Crippen LogP contribution >= 0.6 is 35.0 Å². The van der Waals surface area contributed by atoms with Gasteiger partial charge in [-0.1, -0.05) is 80.7 Å². The monoisotopic (exact) mass is 503 g/mol. The lowest BCUT2D eigenvalue weighted by molar-refractivity contribution is -0.129. The molecule has 1 N–H and O–H groups in total. The van der Waals surface area contributed by atoms with E-state index < -0.39 is 0 Å². The van der Waals surface area contributed by atoms with Crippen LogP contribution in [0.25, 0.3) is 0 Å². The molecule has 0 bridgehead atoms. The molecule has 0 aromatic heterocycles. The maximum Gasteiger partial charge on any atom is 0.223 e. The molecule has 2 unspecified atom stereocenters. The van der Waals surface area contributed by atoms with Gasteiger partial charge >= 0.3 is 0 Å². The quantitative estimate of drug-likeness (QED) is 0.330. The Morgan fingerprint density at radius 2 is 1.88 bits per heavy atom. The topological polar surface area (TPSA) is 29.1 Å². The minimum atomic E-state index is -0.0490. The molecule has 1 amide bonds. The van der Waals surface area contributed by atoms with Crippen molar-refractivity contribution in [2.75, 3.05) is 5.75 Å². The van der Waals surface area contributed by atoms with Gasteiger partial charge in [-0.2, -0.15) is 11.8 Å². The average Bonchev–Trinajstić information content (AvgIpc) is 2.80. The molecule has 0 aliphatic carbocycles. The third kappa shape index (κ3) is 6.38. The molecule has 1 aliphatic heterocycles. The van der Waals surface area contributed by atoms with Crippen LogP contribution in [0.15, 0.2) is 61.2 Å². The molecule has 5 heteroatoms. The Labute approximate surface area is 213 Å². The second-order valence-corrected chi connectivity index (χ2v) is 11.3. The van der Waals surface area contributed by atoms with Crippen LogP contribution < -0.4 is 5.32 Å². The van der Waals surface area contributed by atoms with Crippen LogP contribution in [0.1, 0.15) is 62.3 Å². The zero-order valence-corrected chi connectivity index (χ0v) is 22.1. The van der Waals surface area contributed by atoms with E-state index >= 15 is 0 Å². The first kappa shape index (κ1) is 26.2. The van der Waals surface area contributed by atoms with E-state index in [4.69, 9.17) is 23.2 Å². The van der Waals surface area contributed by atoms with Crippen molar-refractivity contribution >= 4 is 40.9 Å². The zero-order valence-electron chi connectivity index (χ0n) is 19.8. The second-order valence-electron chi connectivity index (χ2n) is 9.01. The van der Waals surface area contributed by atoms with Gasteiger partial charge in [-0.15, -0.1) is 6.58 Å². The van der Waals surface area contributed by atoms with Gasteiger partial charge in [0, 0.05) is 33.2 Å². The maximum absolute atomic E-state index is 13.1. The third-order valence-electron chi connectivity index (χ3n) is 7.03. The average molecular weight is 505 g/mol. The molecule has 6 atom stereocenters. The molecule has 2 aromatic carbocycles. The number of allylic oxidation sites excluding steroid dienone is 1. The van der Waals surface area contributed by atoms with Gasteiger partial charge in [0.2, 0.25) is 5.91 Å². The highest BCUT2D eigenvalue weighted by Crippen LogP contribution is 2.46. The first-order chi connectivity index (χ1) is 15.9. The summed E-state index contributed by atoms with van der Waals surface area (Å²) in [6.07, 6.45) is 4.40. The van der Waals surface area contributed by atoms with Crippen molar-refractivity contribution in [1.29, 1.82) is 0 Å². The van der Waals surface area contributed by atoms with Crippen LogP contribution in [-0.2, 0) is 4.79 Å². The molecule has 2 aromatic rings. The molecular weight excluding hydrogens is 469 g/mol. The molecular formula is C28H35Cl2NOS. The lowest BCUT2D eigenvalue weighted by atomic mass is 9.70. The van der Waals surface area contributed by atoms with E-state index in [0.717, 1.165) is 28.6 Å². The number of benzene rings is 2. The number of halogens is 2. The molecule has 2 nitrogen and oxygen atoms in total. The van der Waals surface area contributed by atoms with Gasteiger partial charge in [-0.05, 0) is 65.8 Å². The van der Waals surface area contributed by atoms with Crippen molar-refractivity contribution in [1.82, 2.24) is 5.32 Å². The van der Waals surface area contributed by atoms with E-state index in [-0.39, 0.29) is 29.7 Å². The molecule has 33 heavy (non-hydrogen) atoms. The number of rotatable bonds is 10. The number of carbonyl (C=O) groups excluding carboxylic acids is 1. The minimum Gasteiger partial charge on any atom is -0.352 e. The van der Waals surface area contributed by atoms with E-state index in [2.05, 4.69) is 56.9 Å². The van der Waals surface area contributed by atoms with Crippen molar-refractivity contribution in [3.63, 3.8) is 0 Å². The summed E-state index contributed by atoms with van der Waals surface area (Å²) >= 11 is 14.5. The van der Waals surface area contributed by atoms with Crippen molar-refractivity contribution in [3.05, 3.63) is 82.4 Å². The van der Waals surface area contributed by atoms with Gasteiger partial charge in [-0.3, -0.25) is 4.79 Å². The third-order valence-corrected chi connectivity index (χ3v) is 8.83. The number of hydrogen-bond acceptors (Lipinski definition) is 2. The van der Waals surface area contributed by atoms with Crippen LogP contribution in [0.5, 0.6) is 0 Å². The van der Waals surface area contributed by atoms with Gasteiger partial charge in [-0.25, -0.2) is 0 Å². The fraction of sp³-hybridized carbons (Fsp3) is 0.464. The molecule has 1 saturated heterocycles. The highest BCUT2D eigenvalue weighted by Gasteiger charge is 2.42. The predicted octanol–water partition coefficient (Wildman–Crippen LogP) is 8.31. The normalized spacial score (nSPS) is 23.4. The number of piperidine rings is 1. The Kier molecular flexibility index (Phi) is 9.79. The van der Waals surface area contributed by atoms with Crippen LogP contribution in [0.2, 0.25) is 10.0 Å². The smallest absolute Gasteiger partial charge is 0.223 e. The lowest BCUT2D eigenvalue weighted by Gasteiger charge is -2.44. The molecule has 178 valence electrons. The molecule has 0 saturated carbocycles. The fourth-order valence-electron chi connectivity index (χ4n) is 5.35. The fourth-order valence-corrected chi connectivity index (χ4v) is 7.07. The molecule has 3 rings (SSSR count). The SMILES string of the molecule is C=CC[C@H]1C[C@H](c2cccc(Cl)c2)[C@H](C(C)C(CC)[C@H](SCC)c2ccc(Cl)cc2)NC1=O. The van der Waals surface area contributed by atoms with Crippen molar-refractivity contribution < 1.29 is 4.79 Å². The Balaban J connectivity index is 1.96. The first-order valence-electron chi connectivity index (χ1n) is 11.9.